The van der Waals surface area contributed by atoms with Gasteiger partial charge in [-0.1, -0.05) is 23.5 Å². The van der Waals surface area contributed by atoms with Crippen LogP contribution in [0.1, 0.15) is 24.5 Å². The highest BCUT2D eigenvalue weighted by atomic mass is 32.1. The van der Waals surface area contributed by atoms with Crippen molar-refractivity contribution in [3.8, 4) is 5.75 Å². The van der Waals surface area contributed by atoms with Crippen LogP contribution in [0.25, 0.3) is 10.2 Å². The van der Waals surface area contributed by atoms with Crippen molar-refractivity contribution < 1.29 is 9.53 Å². The molecular formula is C20H22N2O3S. The molecule has 0 fully saturated rings. The molecule has 0 aliphatic heterocycles. The maximum atomic E-state index is 12.3. The Bertz CT molecular complexity index is 1000. The number of hydrogen-bond acceptors (Lipinski definition) is 4. The summed E-state index contributed by atoms with van der Waals surface area (Å²) in [5.41, 5.74) is 3.80. The summed E-state index contributed by atoms with van der Waals surface area (Å²) in [4.78, 5) is 24.2. The van der Waals surface area contributed by atoms with Crippen LogP contribution in [0.3, 0.4) is 0 Å². The summed E-state index contributed by atoms with van der Waals surface area (Å²) in [6.07, 6.45) is 1.06. The third kappa shape index (κ3) is 3.80. The van der Waals surface area contributed by atoms with Crippen LogP contribution in [0, 0.1) is 6.92 Å². The number of benzene rings is 2. The third-order valence-corrected chi connectivity index (χ3v) is 5.31. The number of rotatable bonds is 6. The second-order valence-corrected chi connectivity index (χ2v) is 7.14. The van der Waals surface area contributed by atoms with Crippen LogP contribution in [0.4, 0.5) is 5.69 Å². The Morgan fingerprint density at radius 1 is 1.23 bits per heavy atom. The molecule has 0 aliphatic rings. The van der Waals surface area contributed by atoms with Gasteiger partial charge in [-0.15, -0.1) is 0 Å². The fraction of sp³-hybridized carbons (Fsp3) is 0.300. The van der Waals surface area contributed by atoms with Gasteiger partial charge in [0.25, 0.3) is 0 Å². The van der Waals surface area contributed by atoms with Crippen molar-refractivity contribution >= 4 is 33.1 Å². The minimum atomic E-state index is -0.0416. The molecule has 1 aromatic heterocycles. The first-order valence-corrected chi connectivity index (χ1v) is 9.40. The van der Waals surface area contributed by atoms with Crippen LogP contribution >= 0.6 is 11.3 Å². The number of amides is 1. The zero-order valence-electron chi connectivity index (χ0n) is 15.2. The minimum absolute atomic E-state index is 0.0286. The molecule has 0 saturated carbocycles. The largest absolute Gasteiger partial charge is 0.496 e. The van der Waals surface area contributed by atoms with E-state index in [1.165, 1.54) is 11.3 Å². The van der Waals surface area contributed by atoms with Crippen LogP contribution in [0.5, 0.6) is 5.75 Å². The summed E-state index contributed by atoms with van der Waals surface area (Å²) in [5, 5.41) is 2.92. The molecule has 26 heavy (non-hydrogen) atoms. The molecule has 0 aliphatic carbocycles. The molecule has 1 heterocycles. The lowest BCUT2D eigenvalue weighted by Crippen LogP contribution is -2.12. The molecule has 0 spiro atoms. The second-order valence-electron chi connectivity index (χ2n) is 6.15. The number of carbonyl (C=O) groups excluding carboxylic acids is 1. The van der Waals surface area contributed by atoms with Crippen molar-refractivity contribution in [2.24, 2.45) is 0 Å². The zero-order valence-corrected chi connectivity index (χ0v) is 16.0. The van der Waals surface area contributed by atoms with E-state index in [1.807, 2.05) is 50.2 Å². The SMILES string of the molecule is CCn1c(=O)sc2cc(NC(=O)CCc3ccc(OC)c(C)c3)ccc21. The standard InChI is InChI=1S/C20H22N2O3S/c1-4-22-16-8-7-15(12-18(16)26-20(22)24)21-19(23)10-6-14-5-9-17(25-3)13(2)11-14/h5,7-9,11-12H,4,6,10H2,1-3H3,(H,21,23). The molecule has 0 bridgehead atoms. The van der Waals surface area contributed by atoms with Crippen molar-refractivity contribution in [3.05, 3.63) is 57.2 Å². The molecule has 0 radical (unpaired) electrons. The first-order valence-electron chi connectivity index (χ1n) is 8.58. The average molecular weight is 370 g/mol. The number of nitrogens with zero attached hydrogens (tertiary/aromatic N) is 1. The summed E-state index contributed by atoms with van der Waals surface area (Å²) in [6, 6.07) is 11.5. The number of carbonyl (C=O) groups is 1. The molecule has 0 atom stereocenters. The normalized spacial score (nSPS) is 10.9. The molecule has 0 unspecified atom stereocenters. The Labute approximate surface area is 156 Å². The Morgan fingerprint density at radius 3 is 2.73 bits per heavy atom. The lowest BCUT2D eigenvalue weighted by atomic mass is 10.1. The lowest BCUT2D eigenvalue weighted by molar-refractivity contribution is -0.116. The van der Waals surface area contributed by atoms with E-state index in [1.54, 1.807) is 11.7 Å². The Balaban J connectivity index is 1.65. The summed E-state index contributed by atoms with van der Waals surface area (Å²) in [7, 11) is 1.65. The molecular weight excluding hydrogens is 348 g/mol. The van der Waals surface area contributed by atoms with Gasteiger partial charge in [0.15, 0.2) is 0 Å². The van der Waals surface area contributed by atoms with Crippen molar-refractivity contribution in [2.45, 2.75) is 33.2 Å². The quantitative estimate of drug-likeness (QED) is 0.714. The Hall–Kier alpha value is -2.60. The molecule has 0 saturated heterocycles. The van der Waals surface area contributed by atoms with E-state index >= 15 is 0 Å². The smallest absolute Gasteiger partial charge is 0.308 e. The summed E-state index contributed by atoms with van der Waals surface area (Å²) < 4.78 is 7.88. The first kappa shape index (κ1) is 18.2. The van der Waals surface area contributed by atoms with Gasteiger partial charge in [0, 0.05) is 18.7 Å². The molecule has 136 valence electrons. The number of hydrogen-bond donors (Lipinski definition) is 1. The molecule has 5 nitrogen and oxygen atoms in total. The van der Waals surface area contributed by atoms with E-state index in [2.05, 4.69) is 5.32 Å². The number of anilines is 1. The second kappa shape index (κ2) is 7.74. The maximum Gasteiger partial charge on any atom is 0.308 e. The highest BCUT2D eigenvalue weighted by Gasteiger charge is 2.09. The van der Waals surface area contributed by atoms with Crippen LogP contribution < -0.4 is 14.9 Å². The van der Waals surface area contributed by atoms with Gasteiger partial charge < -0.3 is 10.1 Å². The monoisotopic (exact) mass is 370 g/mol. The summed E-state index contributed by atoms with van der Waals surface area (Å²) >= 11 is 1.20. The summed E-state index contributed by atoms with van der Waals surface area (Å²) in [6.45, 7) is 4.58. The highest BCUT2D eigenvalue weighted by molar-refractivity contribution is 7.16. The van der Waals surface area contributed by atoms with Gasteiger partial charge in [-0.3, -0.25) is 14.2 Å². The number of thiazole rings is 1. The molecule has 3 rings (SSSR count). The summed E-state index contributed by atoms with van der Waals surface area (Å²) in [5.74, 6) is 0.810. The molecule has 3 aromatic rings. The van der Waals surface area contributed by atoms with Crippen LogP contribution in [0.15, 0.2) is 41.2 Å². The van der Waals surface area contributed by atoms with E-state index < -0.39 is 0 Å². The van der Waals surface area contributed by atoms with E-state index in [-0.39, 0.29) is 10.8 Å². The number of fused-ring (bicyclic) bond motifs is 1. The van der Waals surface area contributed by atoms with Crippen LogP contribution in [-0.4, -0.2) is 17.6 Å². The van der Waals surface area contributed by atoms with E-state index in [9.17, 15) is 9.59 Å². The predicted octanol–water partition coefficient (Wildman–Crippen LogP) is 3.97. The average Bonchev–Trinajstić information content (AvgIpc) is 2.94. The van der Waals surface area contributed by atoms with Gasteiger partial charge in [-0.25, -0.2) is 0 Å². The number of aryl methyl sites for hydroxylation is 3. The van der Waals surface area contributed by atoms with Crippen molar-refractivity contribution in [1.29, 1.82) is 0 Å². The molecule has 1 N–H and O–H groups in total. The number of aromatic nitrogens is 1. The van der Waals surface area contributed by atoms with Crippen molar-refractivity contribution in [1.82, 2.24) is 4.57 Å². The van der Waals surface area contributed by atoms with Gasteiger partial charge in [0.2, 0.25) is 5.91 Å². The zero-order chi connectivity index (χ0) is 18.7. The number of ether oxygens (including phenoxy) is 1. The van der Waals surface area contributed by atoms with Gasteiger partial charge >= 0.3 is 4.87 Å². The Morgan fingerprint density at radius 2 is 2.04 bits per heavy atom. The molecule has 2 aromatic carbocycles. The fourth-order valence-electron chi connectivity index (χ4n) is 3.02. The van der Waals surface area contributed by atoms with E-state index in [4.69, 9.17) is 4.74 Å². The topological polar surface area (TPSA) is 60.3 Å². The van der Waals surface area contributed by atoms with Crippen molar-refractivity contribution in [3.63, 3.8) is 0 Å². The van der Waals surface area contributed by atoms with Crippen LogP contribution in [0.2, 0.25) is 0 Å². The van der Waals surface area contributed by atoms with Gasteiger partial charge in [0.05, 0.1) is 17.3 Å². The number of methoxy groups -OCH3 is 1. The van der Waals surface area contributed by atoms with E-state index in [0.717, 1.165) is 32.8 Å². The predicted molar refractivity (Wildman–Crippen MR) is 106 cm³/mol. The van der Waals surface area contributed by atoms with Crippen molar-refractivity contribution in [2.75, 3.05) is 12.4 Å². The maximum absolute atomic E-state index is 12.3. The third-order valence-electron chi connectivity index (χ3n) is 4.37. The van der Waals surface area contributed by atoms with Gasteiger partial charge in [-0.05, 0) is 55.7 Å². The van der Waals surface area contributed by atoms with Crippen LogP contribution in [-0.2, 0) is 17.8 Å². The molecule has 1 amide bonds. The number of nitrogens with one attached hydrogen (secondary N) is 1. The van der Waals surface area contributed by atoms with Gasteiger partial charge in [-0.2, -0.15) is 0 Å². The van der Waals surface area contributed by atoms with E-state index in [0.29, 0.717) is 19.4 Å². The first-order chi connectivity index (χ1) is 12.5. The highest BCUT2D eigenvalue weighted by Crippen LogP contribution is 2.22. The Kier molecular flexibility index (Phi) is 5.42. The minimum Gasteiger partial charge on any atom is -0.496 e. The lowest BCUT2D eigenvalue weighted by Gasteiger charge is -2.08. The van der Waals surface area contributed by atoms with Gasteiger partial charge in [0.1, 0.15) is 5.75 Å². The fourth-order valence-corrected chi connectivity index (χ4v) is 4.02. The molecule has 6 heteroatoms.